The van der Waals surface area contributed by atoms with Crippen LogP contribution < -0.4 is 5.32 Å². The lowest BCUT2D eigenvalue weighted by Gasteiger charge is -2.72. The molecule has 3 N–H and O–H groups in total. The first-order valence-corrected chi connectivity index (χ1v) is 23.1. The number of hydrogen-bond donors (Lipinski definition) is 3. The zero-order valence-corrected chi connectivity index (χ0v) is 39.4. The summed E-state index contributed by atoms with van der Waals surface area (Å²) in [6, 6.07) is 7.59. The third kappa shape index (κ3) is 8.12. The first-order chi connectivity index (χ1) is 28.2. The summed E-state index contributed by atoms with van der Waals surface area (Å²) in [5.74, 6) is -2.22. The number of ketones is 1. The van der Waals surface area contributed by atoms with Crippen molar-refractivity contribution in [2.45, 2.75) is 166 Å². The molecule has 0 bridgehead atoms. The van der Waals surface area contributed by atoms with Crippen LogP contribution in [0.4, 0.5) is 0 Å². The minimum absolute atomic E-state index is 0.0188. The van der Waals surface area contributed by atoms with Crippen LogP contribution in [0.1, 0.15) is 152 Å². The number of ether oxygens (including phenoxy) is 2. The summed E-state index contributed by atoms with van der Waals surface area (Å²) in [7, 11) is 0. The number of aliphatic carboxylic acids is 2. The first-order valence-electron chi connectivity index (χ1n) is 22.7. The number of Topliss-reactive ketones (excluding diaryl/α,β-unsaturated/α-hetero) is 1. The number of halogens is 1. The molecule has 61 heavy (non-hydrogen) atoms. The number of benzene rings is 1. The summed E-state index contributed by atoms with van der Waals surface area (Å²) in [5.41, 5.74) is -0.716. The number of hydrogen-bond acceptors (Lipinski definition) is 8. The molecule has 0 heterocycles. The van der Waals surface area contributed by atoms with Crippen molar-refractivity contribution >= 4 is 41.3 Å². The van der Waals surface area contributed by atoms with Crippen LogP contribution in [0.3, 0.4) is 0 Å². The third-order valence-corrected chi connectivity index (χ3v) is 17.7. The number of carboxylic acids is 2. The van der Waals surface area contributed by atoms with Gasteiger partial charge in [-0.3, -0.25) is 24.0 Å². The van der Waals surface area contributed by atoms with Gasteiger partial charge < -0.3 is 25.0 Å². The lowest BCUT2D eigenvalue weighted by atomic mass is 9.33. The molecule has 6 rings (SSSR count). The number of carboxylic acid groups (broad SMARTS) is 2. The molecule has 1 aromatic carbocycles. The van der Waals surface area contributed by atoms with Crippen LogP contribution in [0.2, 0.25) is 5.02 Å². The molecule has 9 atom stereocenters. The molecule has 0 spiro atoms. The van der Waals surface area contributed by atoms with Crippen molar-refractivity contribution in [3.8, 4) is 0 Å². The van der Waals surface area contributed by atoms with Gasteiger partial charge in [-0.25, -0.2) is 0 Å². The quantitative estimate of drug-likeness (QED) is 0.154. The van der Waals surface area contributed by atoms with Crippen LogP contribution in [0.15, 0.2) is 35.4 Å². The van der Waals surface area contributed by atoms with E-state index in [1.165, 1.54) is 19.4 Å². The molecule has 0 amide bonds. The Morgan fingerprint density at radius 3 is 2.00 bits per heavy atom. The van der Waals surface area contributed by atoms with E-state index < -0.39 is 46.2 Å². The highest BCUT2D eigenvalue weighted by Gasteiger charge is 2.71. The maximum Gasteiger partial charge on any atom is 0.309 e. The SMILES string of the molecule is CC(C)C1=C2[C@H]3CC[C@@H]4[C@@]5(C)CC[C@H](OC(=O)CC(C)(C)C(=O)O)C(C)(C)[C@@H]5CC[C@@]4(C)[C@]3(C)CC[C@@]2(C(CNCc2ccc(Cl)cc2)OC(=O)CC(C)(C)C(=O)O)CC1=O. The largest absolute Gasteiger partial charge is 0.481 e. The number of fused-ring (bicyclic) bond motifs is 7. The van der Waals surface area contributed by atoms with Gasteiger partial charge in [-0.1, -0.05) is 72.2 Å². The Balaban J connectivity index is 1.33. The van der Waals surface area contributed by atoms with Gasteiger partial charge >= 0.3 is 23.9 Å². The normalized spacial score (nSPS) is 33.8. The lowest BCUT2D eigenvalue weighted by Crippen LogP contribution is -2.66. The molecule has 11 heteroatoms. The van der Waals surface area contributed by atoms with E-state index in [4.69, 9.17) is 21.1 Å². The van der Waals surface area contributed by atoms with Crippen molar-refractivity contribution in [3.63, 3.8) is 0 Å². The zero-order chi connectivity index (χ0) is 45.3. The van der Waals surface area contributed by atoms with E-state index in [9.17, 15) is 34.2 Å². The van der Waals surface area contributed by atoms with E-state index >= 15 is 0 Å². The first kappa shape index (κ1) is 47.2. The van der Waals surface area contributed by atoms with E-state index in [1.54, 1.807) is 13.8 Å². The monoisotopic (exact) mass is 865 g/mol. The average Bonchev–Trinajstić information content (AvgIpc) is 3.46. The Kier molecular flexibility index (Phi) is 12.7. The van der Waals surface area contributed by atoms with E-state index in [0.717, 1.165) is 56.1 Å². The van der Waals surface area contributed by atoms with Crippen molar-refractivity contribution in [3.05, 3.63) is 46.0 Å². The number of esters is 2. The molecule has 4 fully saturated rings. The molecular weight excluding hydrogens is 794 g/mol. The molecule has 0 aliphatic heterocycles. The highest BCUT2D eigenvalue weighted by atomic mass is 35.5. The van der Waals surface area contributed by atoms with Crippen molar-refractivity contribution in [1.82, 2.24) is 5.32 Å². The van der Waals surface area contributed by atoms with Gasteiger partial charge in [0, 0.05) is 35.4 Å². The van der Waals surface area contributed by atoms with Gasteiger partial charge in [0.1, 0.15) is 12.2 Å². The average molecular weight is 867 g/mol. The molecule has 10 nitrogen and oxygen atoms in total. The van der Waals surface area contributed by atoms with Gasteiger partial charge in [-0.2, -0.15) is 0 Å². The lowest BCUT2D eigenvalue weighted by molar-refractivity contribution is -0.235. The van der Waals surface area contributed by atoms with Crippen LogP contribution in [-0.2, 0) is 40.0 Å². The minimum atomic E-state index is -1.32. The Labute approximate surface area is 368 Å². The molecule has 1 unspecified atom stereocenters. The molecule has 5 aliphatic carbocycles. The Morgan fingerprint density at radius 2 is 1.41 bits per heavy atom. The standard InChI is InChI=1S/C50H72ClNO9/c1-29(2)40-33(53)24-50(37(61-39(55)26-45(5,6)43(58)59)28-52-27-30-12-14-31(51)15-13-30)23-22-48(10)32(41(40)50)16-17-35-47(9)20-19-36(60-38(54)25-44(3,4)42(56)57)46(7,8)34(47)18-21-49(35,48)11/h12-15,29,32,34-37,52H,16-28H2,1-11H3,(H,56,57)(H,58,59)/t32-,34+,35-,36+,37?,47+,48-,49-,50+/m1/s1. The van der Waals surface area contributed by atoms with Gasteiger partial charge in [0.2, 0.25) is 0 Å². The molecule has 4 saturated carbocycles. The summed E-state index contributed by atoms with van der Waals surface area (Å²) in [5, 5.41) is 23.8. The number of carbonyl (C=O) groups excluding carboxylic acids is 3. The van der Waals surface area contributed by atoms with E-state index in [0.29, 0.717) is 36.4 Å². The predicted molar refractivity (Wildman–Crippen MR) is 234 cm³/mol. The second-order valence-electron chi connectivity index (χ2n) is 22.7. The number of allylic oxidation sites excluding steroid dienone is 1. The molecule has 338 valence electrons. The number of carbonyl (C=O) groups is 5. The fraction of sp³-hybridized carbons (Fsp3) is 0.740. The molecular formula is C50H72ClNO9. The van der Waals surface area contributed by atoms with Crippen LogP contribution in [0.25, 0.3) is 0 Å². The second-order valence-corrected chi connectivity index (χ2v) is 23.1. The number of rotatable bonds is 14. The summed E-state index contributed by atoms with van der Waals surface area (Å²) in [6.45, 7) is 23.2. The molecule has 1 aromatic rings. The van der Waals surface area contributed by atoms with E-state index in [-0.39, 0.29) is 64.6 Å². The molecule has 0 aromatic heterocycles. The molecule has 0 radical (unpaired) electrons. The Morgan fingerprint density at radius 1 is 0.803 bits per heavy atom. The van der Waals surface area contributed by atoms with Crippen LogP contribution in [0, 0.1) is 61.6 Å². The van der Waals surface area contributed by atoms with Crippen molar-refractivity contribution in [2.24, 2.45) is 61.6 Å². The van der Waals surface area contributed by atoms with Gasteiger partial charge in [0.25, 0.3) is 0 Å². The summed E-state index contributed by atoms with van der Waals surface area (Å²) in [6.07, 6.45) is 5.87. The summed E-state index contributed by atoms with van der Waals surface area (Å²) >= 11 is 6.18. The van der Waals surface area contributed by atoms with E-state index in [1.807, 2.05) is 24.3 Å². The predicted octanol–water partition coefficient (Wildman–Crippen LogP) is 10.2. The summed E-state index contributed by atoms with van der Waals surface area (Å²) in [4.78, 5) is 65.5. The topological polar surface area (TPSA) is 156 Å². The smallest absolute Gasteiger partial charge is 0.309 e. The Bertz CT molecular complexity index is 1950. The van der Waals surface area contributed by atoms with Crippen LogP contribution >= 0.6 is 11.6 Å². The van der Waals surface area contributed by atoms with E-state index in [2.05, 4.69) is 53.8 Å². The van der Waals surface area contributed by atoms with Gasteiger partial charge in [0.15, 0.2) is 5.78 Å². The van der Waals surface area contributed by atoms with Crippen molar-refractivity contribution in [1.29, 1.82) is 0 Å². The fourth-order valence-electron chi connectivity index (χ4n) is 13.8. The van der Waals surface area contributed by atoms with Crippen molar-refractivity contribution in [2.75, 3.05) is 6.54 Å². The maximum atomic E-state index is 14.5. The molecule has 5 aliphatic rings. The minimum Gasteiger partial charge on any atom is -0.481 e. The summed E-state index contributed by atoms with van der Waals surface area (Å²) < 4.78 is 12.7. The molecule has 0 saturated heterocycles. The number of nitrogens with one attached hydrogen (secondary N) is 1. The Hall–Kier alpha value is -3.24. The van der Waals surface area contributed by atoms with Gasteiger partial charge in [-0.15, -0.1) is 0 Å². The third-order valence-electron chi connectivity index (χ3n) is 17.5. The zero-order valence-electron chi connectivity index (χ0n) is 38.6. The highest BCUT2D eigenvalue weighted by Crippen LogP contribution is 2.77. The van der Waals surface area contributed by atoms with Gasteiger partial charge in [-0.05, 0) is 148 Å². The maximum absolute atomic E-state index is 14.5. The van der Waals surface area contributed by atoms with Crippen LogP contribution in [-0.4, -0.2) is 58.6 Å². The van der Waals surface area contributed by atoms with Crippen molar-refractivity contribution < 1.29 is 43.7 Å². The second kappa shape index (κ2) is 16.4. The fourth-order valence-corrected chi connectivity index (χ4v) is 14.0. The van der Waals surface area contributed by atoms with Gasteiger partial charge in [0.05, 0.1) is 23.7 Å². The van der Waals surface area contributed by atoms with Crippen LogP contribution in [0.5, 0.6) is 0 Å². The highest BCUT2D eigenvalue weighted by molar-refractivity contribution is 6.30.